The third-order valence-corrected chi connectivity index (χ3v) is 5.28. The van der Waals surface area contributed by atoms with Crippen molar-refractivity contribution in [3.63, 3.8) is 0 Å². The normalized spacial score (nSPS) is 15.6. The number of amides is 1. The van der Waals surface area contributed by atoms with Crippen LogP contribution in [0.25, 0.3) is 0 Å². The molecular formula is C28H50N2O8. The van der Waals surface area contributed by atoms with Crippen molar-refractivity contribution in [2.75, 3.05) is 6.54 Å². The minimum atomic E-state index is -0.452. The van der Waals surface area contributed by atoms with E-state index in [2.05, 4.69) is 13.8 Å². The van der Waals surface area contributed by atoms with Gasteiger partial charge in [0, 0.05) is 24.0 Å². The maximum atomic E-state index is 12.0. The van der Waals surface area contributed by atoms with E-state index in [0.29, 0.717) is 12.0 Å². The lowest BCUT2D eigenvalue weighted by Gasteiger charge is -2.27. The summed E-state index contributed by atoms with van der Waals surface area (Å²) in [6.45, 7) is 22.4. The average molecular weight is 543 g/mol. The van der Waals surface area contributed by atoms with Crippen molar-refractivity contribution in [1.29, 1.82) is 0 Å². The van der Waals surface area contributed by atoms with Crippen LogP contribution in [0.1, 0.15) is 101 Å². The molecule has 220 valence electrons. The number of hydrogen-bond acceptors (Lipinski definition) is 8. The zero-order valence-electron chi connectivity index (χ0n) is 23.5. The molecular weight excluding hydrogens is 492 g/mol. The van der Waals surface area contributed by atoms with Gasteiger partial charge in [-0.25, -0.2) is 9.59 Å². The average Bonchev–Trinajstić information content (AvgIpc) is 3.19. The first-order valence-corrected chi connectivity index (χ1v) is 11.8. The van der Waals surface area contributed by atoms with Crippen molar-refractivity contribution < 1.29 is 38.2 Å². The smallest absolute Gasteiger partial charge is 0.418 e. The number of rotatable bonds is 1. The van der Waals surface area contributed by atoms with Gasteiger partial charge in [0.1, 0.15) is 11.2 Å². The van der Waals surface area contributed by atoms with Gasteiger partial charge in [-0.1, -0.05) is 28.7 Å². The molecule has 0 aliphatic carbocycles. The van der Waals surface area contributed by atoms with Crippen molar-refractivity contribution in [3.8, 4) is 0 Å². The summed E-state index contributed by atoms with van der Waals surface area (Å²) in [5.41, 5.74) is 2.26. The van der Waals surface area contributed by atoms with Crippen LogP contribution in [0, 0.1) is 19.8 Å². The van der Waals surface area contributed by atoms with Crippen LogP contribution in [0.15, 0.2) is 6.07 Å². The quantitative estimate of drug-likeness (QED) is 0.410. The molecule has 0 spiro atoms. The Morgan fingerprint density at radius 3 is 1.61 bits per heavy atom. The van der Waals surface area contributed by atoms with Gasteiger partial charge in [-0.3, -0.25) is 4.57 Å². The zero-order chi connectivity index (χ0) is 28.9. The van der Waals surface area contributed by atoms with Gasteiger partial charge in [-0.15, -0.1) is 0 Å². The van der Waals surface area contributed by atoms with Crippen LogP contribution < -0.4 is 0 Å². The molecule has 1 aromatic heterocycles. The minimum absolute atomic E-state index is 0. The maximum Gasteiger partial charge on any atom is 0.418 e. The van der Waals surface area contributed by atoms with Gasteiger partial charge < -0.3 is 14.4 Å². The lowest BCUT2D eigenvalue weighted by atomic mass is 10.1. The van der Waals surface area contributed by atoms with Crippen LogP contribution in [0.5, 0.6) is 0 Å². The molecule has 0 radical (unpaired) electrons. The first-order chi connectivity index (χ1) is 16.4. The molecule has 1 saturated heterocycles. The summed E-state index contributed by atoms with van der Waals surface area (Å²) in [5, 5.41) is 0. The molecule has 2 heterocycles. The monoisotopic (exact) mass is 542 g/mol. The second-order valence-electron chi connectivity index (χ2n) is 10.4. The predicted octanol–water partition coefficient (Wildman–Crippen LogP) is 6.21. The Hall–Kier alpha value is -3.22. The van der Waals surface area contributed by atoms with Gasteiger partial charge >= 0.3 is 24.5 Å². The van der Waals surface area contributed by atoms with Crippen LogP contribution in [-0.2, 0) is 35.1 Å². The zero-order valence-corrected chi connectivity index (χ0v) is 23.5. The molecule has 0 N–H and O–H groups in total. The second kappa shape index (κ2) is 18.9. The third kappa shape index (κ3) is 15.8. The molecule has 0 unspecified atom stereocenters. The van der Waals surface area contributed by atoms with E-state index < -0.39 is 5.60 Å². The molecule has 1 aromatic rings. The van der Waals surface area contributed by atoms with Crippen molar-refractivity contribution >= 4 is 24.5 Å². The second-order valence-corrected chi connectivity index (χ2v) is 10.4. The summed E-state index contributed by atoms with van der Waals surface area (Å²) < 4.78 is 12.4. The Kier molecular flexibility index (Phi) is 20.9. The Morgan fingerprint density at radius 2 is 1.29 bits per heavy atom. The van der Waals surface area contributed by atoms with Gasteiger partial charge in [0.25, 0.3) is 0 Å². The molecule has 1 fully saturated rings. The molecule has 1 aliphatic heterocycles. The van der Waals surface area contributed by atoms with Crippen molar-refractivity contribution in [2.24, 2.45) is 5.92 Å². The highest BCUT2D eigenvalue weighted by molar-refractivity contribution is 5.73. The summed E-state index contributed by atoms with van der Waals surface area (Å²) in [4.78, 5) is 58.1. The van der Waals surface area contributed by atoms with Gasteiger partial charge in [0.15, 0.2) is 0 Å². The Bertz CT molecular complexity index is 899. The van der Waals surface area contributed by atoms with Crippen LogP contribution in [0.4, 0.5) is 9.59 Å². The Morgan fingerprint density at radius 1 is 0.895 bits per heavy atom. The molecule has 0 bridgehead atoms. The molecule has 0 aromatic carbocycles. The van der Waals surface area contributed by atoms with E-state index in [-0.39, 0.29) is 44.9 Å². The SMILES string of the molecule is C.C.CCc1cc(C)c(C)n1C(=O)OC(C)(C)C.C[C@H]1CCN(C(=O)OC(C)(C)C)[C@H]1C.O=C=O.O=C=O. The van der Waals surface area contributed by atoms with Gasteiger partial charge in [-0.2, -0.15) is 19.2 Å². The van der Waals surface area contributed by atoms with Crippen LogP contribution in [-0.4, -0.2) is 57.7 Å². The van der Waals surface area contributed by atoms with E-state index in [0.717, 1.165) is 36.3 Å². The molecule has 2 rings (SSSR count). The third-order valence-electron chi connectivity index (χ3n) is 5.28. The maximum absolute atomic E-state index is 12.0. The summed E-state index contributed by atoms with van der Waals surface area (Å²) >= 11 is 0. The van der Waals surface area contributed by atoms with E-state index in [1.54, 1.807) is 4.57 Å². The van der Waals surface area contributed by atoms with E-state index in [4.69, 9.17) is 28.7 Å². The fourth-order valence-electron chi connectivity index (χ4n) is 3.31. The fourth-order valence-corrected chi connectivity index (χ4v) is 3.31. The van der Waals surface area contributed by atoms with Gasteiger partial charge in [-0.05, 0) is 92.7 Å². The molecule has 10 heteroatoms. The fraction of sp³-hybridized carbons (Fsp3) is 0.714. The van der Waals surface area contributed by atoms with Crippen molar-refractivity contribution in [3.05, 3.63) is 23.0 Å². The topological polar surface area (TPSA) is 129 Å². The number of carbonyl (C=O) groups is 2. The Labute approximate surface area is 229 Å². The molecule has 0 saturated carbocycles. The number of nitrogens with zero attached hydrogens (tertiary/aromatic N) is 2. The lowest BCUT2D eigenvalue weighted by molar-refractivity contribution is -0.193. The van der Waals surface area contributed by atoms with E-state index in [1.165, 1.54) is 0 Å². The molecule has 10 nitrogen and oxygen atoms in total. The molecule has 1 amide bonds. The largest absolute Gasteiger partial charge is 0.444 e. The minimum Gasteiger partial charge on any atom is -0.444 e. The number of aromatic nitrogens is 1. The number of ether oxygens (including phenoxy) is 2. The van der Waals surface area contributed by atoms with E-state index in [1.807, 2.05) is 73.3 Å². The van der Waals surface area contributed by atoms with Crippen LogP contribution in [0.3, 0.4) is 0 Å². The number of hydrogen-bond donors (Lipinski definition) is 0. The summed E-state index contributed by atoms with van der Waals surface area (Å²) in [6.07, 6.45) is 1.96. The molecule has 1 aliphatic rings. The summed E-state index contributed by atoms with van der Waals surface area (Å²) in [7, 11) is 0. The number of likely N-dealkylation sites (tertiary alicyclic amines) is 1. The number of aryl methyl sites for hydroxylation is 2. The highest BCUT2D eigenvalue weighted by Gasteiger charge is 2.33. The number of carbonyl (C=O) groups excluding carboxylic acids is 6. The first-order valence-electron chi connectivity index (χ1n) is 11.8. The predicted molar refractivity (Wildman–Crippen MR) is 145 cm³/mol. The van der Waals surface area contributed by atoms with E-state index in [9.17, 15) is 9.59 Å². The highest BCUT2D eigenvalue weighted by atomic mass is 16.6. The Balaban J connectivity index is -0.000000242. The van der Waals surface area contributed by atoms with Gasteiger partial charge in [0.05, 0.1) is 0 Å². The van der Waals surface area contributed by atoms with Crippen LogP contribution in [0.2, 0.25) is 0 Å². The van der Waals surface area contributed by atoms with Crippen molar-refractivity contribution in [2.45, 2.75) is 121 Å². The summed E-state index contributed by atoms with van der Waals surface area (Å²) in [5.74, 6) is 0.586. The standard InChI is InChI=1S/C13H21NO2.C11H21NO2.2CO2.2CH4/c1-7-11-8-9(2)10(3)14(11)12(15)16-13(4,5)6;1-8-6-7-12(9(8)2)10(13)14-11(3,4)5;2*2-1-3;;/h8H,7H2,1-6H3;8-9H,6-7H2,1-5H3;;;2*1H4/t;8-,9-;;;;/m.0..../s1. The van der Waals surface area contributed by atoms with Gasteiger partial charge in [0.2, 0.25) is 0 Å². The van der Waals surface area contributed by atoms with E-state index >= 15 is 0 Å². The highest BCUT2D eigenvalue weighted by Crippen LogP contribution is 2.25. The van der Waals surface area contributed by atoms with Crippen molar-refractivity contribution in [1.82, 2.24) is 9.47 Å². The summed E-state index contributed by atoms with van der Waals surface area (Å²) in [6, 6.07) is 2.35. The lowest BCUT2D eigenvalue weighted by Crippen LogP contribution is -2.39. The first kappa shape index (κ1) is 41.9. The molecule has 2 atom stereocenters. The molecule has 38 heavy (non-hydrogen) atoms. The van der Waals surface area contributed by atoms with Crippen LogP contribution >= 0.6 is 0 Å².